The molecular formula is C29H40NOPS. The summed E-state index contributed by atoms with van der Waals surface area (Å²) >= 11 is 0. The van der Waals surface area contributed by atoms with Gasteiger partial charge in [-0.15, -0.1) is 0 Å². The first kappa shape index (κ1) is 26.1. The molecule has 33 heavy (non-hydrogen) atoms. The summed E-state index contributed by atoms with van der Waals surface area (Å²) < 4.78 is 16.6. The van der Waals surface area contributed by atoms with E-state index in [0.717, 1.165) is 0 Å². The molecule has 0 aliphatic heterocycles. The third kappa shape index (κ3) is 5.94. The van der Waals surface area contributed by atoms with Gasteiger partial charge in [0.25, 0.3) is 0 Å². The molecule has 1 N–H and O–H groups in total. The second-order valence-electron chi connectivity index (χ2n) is 11.7. The summed E-state index contributed by atoms with van der Waals surface area (Å²) in [5, 5.41) is 4.07. The van der Waals surface area contributed by atoms with Crippen LogP contribution in [0.5, 0.6) is 0 Å². The molecule has 178 valence electrons. The third-order valence-electron chi connectivity index (χ3n) is 5.75. The standard InChI is InChI=1S/C29H40NOPS/c1-27(2,3)32(28(4,5)6)25-20-13-12-18-24(25)26(30-33(31)29(7,8)9)23-19-14-16-21-15-10-11-17-22(21)23/h10-20,26,30H,1-9H3/t26-,33-/m1/s1. The van der Waals surface area contributed by atoms with Crippen molar-refractivity contribution in [3.8, 4) is 0 Å². The summed E-state index contributed by atoms with van der Waals surface area (Å²) in [4.78, 5) is 0. The summed E-state index contributed by atoms with van der Waals surface area (Å²) in [5.41, 5.74) is 2.42. The van der Waals surface area contributed by atoms with E-state index >= 15 is 0 Å². The van der Waals surface area contributed by atoms with Crippen LogP contribution in [0, 0.1) is 0 Å². The first-order valence-corrected chi connectivity index (χ1v) is 14.3. The first-order chi connectivity index (χ1) is 15.2. The Morgan fingerprint density at radius 2 is 1.21 bits per heavy atom. The highest BCUT2D eigenvalue weighted by atomic mass is 32.2. The zero-order valence-corrected chi connectivity index (χ0v) is 23.4. The van der Waals surface area contributed by atoms with Crippen molar-refractivity contribution in [2.75, 3.05) is 0 Å². The number of hydrogen-bond acceptors (Lipinski definition) is 1. The van der Waals surface area contributed by atoms with Gasteiger partial charge in [0.2, 0.25) is 0 Å². The van der Waals surface area contributed by atoms with Gasteiger partial charge in [-0.1, -0.05) is 116 Å². The molecule has 0 aliphatic rings. The topological polar surface area (TPSA) is 29.1 Å². The molecule has 4 heteroatoms. The van der Waals surface area contributed by atoms with Crippen LogP contribution in [0.4, 0.5) is 0 Å². The maximum absolute atomic E-state index is 13.4. The van der Waals surface area contributed by atoms with E-state index in [-0.39, 0.29) is 21.1 Å². The third-order valence-corrected chi connectivity index (χ3v) is 10.9. The van der Waals surface area contributed by atoms with Crippen LogP contribution >= 0.6 is 7.92 Å². The van der Waals surface area contributed by atoms with Crippen molar-refractivity contribution in [1.82, 2.24) is 4.72 Å². The smallest absolute Gasteiger partial charge is 0.0979 e. The van der Waals surface area contributed by atoms with Gasteiger partial charge in [-0.25, -0.2) is 8.93 Å². The van der Waals surface area contributed by atoms with Gasteiger partial charge in [0, 0.05) is 0 Å². The molecule has 0 amide bonds. The van der Waals surface area contributed by atoms with E-state index in [4.69, 9.17) is 0 Å². The molecule has 0 bridgehead atoms. The molecule has 0 heterocycles. The number of fused-ring (bicyclic) bond motifs is 1. The molecule has 0 saturated heterocycles. The second-order valence-corrected chi connectivity index (χ2v) is 17.6. The lowest BCUT2D eigenvalue weighted by Gasteiger charge is -2.43. The minimum absolute atomic E-state index is 0.135. The minimum Gasteiger partial charge on any atom is -0.242 e. The Kier molecular flexibility index (Phi) is 7.59. The molecule has 0 fully saturated rings. The minimum atomic E-state index is -1.22. The molecule has 0 aromatic heterocycles. The highest BCUT2D eigenvalue weighted by Crippen LogP contribution is 2.59. The quantitative estimate of drug-likeness (QED) is 0.372. The Morgan fingerprint density at radius 1 is 0.697 bits per heavy atom. The summed E-state index contributed by atoms with van der Waals surface area (Å²) in [6, 6.07) is 23.6. The van der Waals surface area contributed by atoms with E-state index in [2.05, 4.69) is 113 Å². The Bertz CT molecular complexity index is 1120. The average Bonchev–Trinajstić information content (AvgIpc) is 2.69. The van der Waals surface area contributed by atoms with Crippen LogP contribution in [-0.2, 0) is 11.0 Å². The van der Waals surface area contributed by atoms with Crippen LogP contribution in [0.15, 0.2) is 66.7 Å². The van der Waals surface area contributed by atoms with Crippen LogP contribution in [0.2, 0.25) is 0 Å². The molecule has 0 aliphatic carbocycles. The van der Waals surface area contributed by atoms with Crippen molar-refractivity contribution >= 4 is 35.0 Å². The van der Waals surface area contributed by atoms with E-state index in [1.807, 2.05) is 20.8 Å². The molecule has 2 atom stereocenters. The Hall–Kier alpha value is -1.54. The van der Waals surface area contributed by atoms with Gasteiger partial charge in [0.05, 0.1) is 21.8 Å². The molecular weight excluding hydrogens is 441 g/mol. The van der Waals surface area contributed by atoms with Crippen LogP contribution in [0.25, 0.3) is 10.8 Å². The van der Waals surface area contributed by atoms with Gasteiger partial charge in [-0.3, -0.25) is 0 Å². The van der Waals surface area contributed by atoms with Crippen LogP contribution in [0.3, 0.4) is 0 Å². The van der Waals surface area contributed by atoms with Crippen molar-refractivity contribution < 1.29 is 4.21 Å². The molecule has 3 rings (SSSR count). The van der Waals surface area contributed by atoms with Crippen LogP contribution < -0.4 is 10.0 Å². The molecule has 0 radical (unpaired) electrons. The number of benzene rings is 3. The predicted molar refractivity (Wildman–Crippen MR) is 149 cm³/mol. The maximum Gasteiger partial charge on any atom is 0.0979 e. The van der Waals surface area contributed by atoms with Gasteiger partial charge >= 0.3 is 0 Å². The van der Waals surface area contributed by atoms with E-state index in [1.54, 1.807) is 0 Å². The van der Waals surface area contributed by atoms with Gasteiger partial charge < -0.3 is 0 Å². The zero-order valence-electron chi connectivity index (χ0n) is 21.7. The van der Waals surface area contributed by atoms with Gasteiger partial charge in [0.1, 0.15) is 0 Å². The van der Waals surface area contributed by atoms with Crippen molar-refractivity contribution in [2.45, 2.75) is 83.4 Å². The Balaban J connectivity index is 2.30. The first-order valence-electron chi connectivity index (χ1n) is 11.8. The molecule has 0 spiro atoms. The molecule has 0 saturated carbocycles. The largest absolute Gasteiger partial charge is 0.242 e. The lowest BCUT2D eigenvalue weighted by Crippen LogP contribution is -2.39. The number of rotatable bonds is 5. The fraction of sp³-hybridized carbons (Fsp3) is 0.448. The average molecular weight is 482 g/mol. The molecule has 3 aromatic rings. The van der Waals surface area contributed by atoms with E-state index in [1.165, 1.54) is 27.2 Å². The van der Waals surface area contributed by atoms with Gasteiger partial charge in [-0.05, 0) is 58.3 Å². The predicted octanol–water partition coefficient (Wildman–Crippen LogP) is 7.69. The summed E-state index contributed by atoms with van der Waals surface area (Å²) in [7, 11) is -1.73. The van der Waals surface area contributed by atoms with Gasteiger partial charge in [0.15, 0.2) is 0 Å². The lowest BCUT2D eigenvalue weighted by molar-refractivity contribution is 0.624. The monoisotopic (exact) mass is 481 g/mol. The van der Waals surface area contributed by atoms with Crippen molar-refractivity contribution in [2.24, 2.45) is 0 Å². The van der Waals surface area contributed by atoms with E-state index in [9.17, 15) is 4.21 Å². The Labute approximate surface area is 204 Å². The lowest BCUT2D eigenvalue weighted by atomic mass is 9.94. The second kappa shape index (κ2) is 9.61. The molecule has 0 unspecified atom stereocenters. The van der Waals surface area contributed by atoms with E-state index < -0.39 is 18.9 Å². The number of nitrogens with one attached hydrogen (secondary N) is 1. The van der Waals surface area contributed by atoms with Crippen molar-refractivity contribution in [3.05, 3.63) is 77.9 Å². The van der Waals surface area contributed by atoms with E-state index in [0.29, 0.717) is 0 Å². The van der Waals surface area contributed by atoms with Crippen molar-refractivity contribution in [1.29, 1.82) is 0 Å². The summed E-state index contributed by atoms with van der Waals surface area (Å²) in [6.45, 7) is 20.2. The van der Waals surface area contributed by atoms with Crippen molar-refractivity contribution in [3.63, 3.8) is 0 Å². The highest BCUT2D eigenvalue weighted by molar-refractivity contribution is 7.84. The fourth-order valence-electron chi connectivity index (χ4n) is 4.74. The van der Waals surface area contributed by atoms with Crippen LogP contribution in [-0.4, -0.2) is 19.3 Å². The summed E-state index contributed by atoms with van der Waals surface area (Å²) in [6.07, 6.45) is 0. The zero-order chi connectivity index (χ0) is 24.6. The molecule has 3 aromatic carbocycles. The number of hydrogen-bond donors (Lipinski definition) is 1. The highest BCUT2D eigenvalue weighted by Gasteiger charge is 2.38. The SMILES string of the molecule is CC(C)(C)P(c1ccccc1[C@H](N[S@](=O)C(C)(C)C)c1cccc2ccccc12)C(C)(C)C. The maximum atomic E-state index is 13.4. The molecule has 2 nitrogen and oxygen atoms in total. The van der Waals surface area contributed by atoms with Gasteiger partial charge in [-0.2, -0.15) is 0 Å². The normalized spacial score (nSPS) is 15.1. The Morgan fingerprint density at radius 3 is 1.82 bits per heavy atom. The summed E-state index contributed by atoms with van der Waals surface area (Å²) in [5.74, 6) is 0. The fourth-order valence-corrected chi connectivity index (χ4v) is 9.72. The van der Waals surface area contributed by atoms with Crippen LogP contribution in [0.1, 0.15) is 79.5 Å².